The van der Waals surface area contributed by atoms with Gasteiger partial charge in [0.2, 0.25) is 5.91 Å². The predicted molar refractivity (Wildman–Crippen MR) is 61.4 cm³/mol. The van der Waals surface area contributed by atoms with Gasteiger partial charge in [0.05, 0.1) is 6.10 Å². The molecule has 17 heavy (non-hydrogen) atoms. The van der Waals surface area contributed by atoms with Gasteiger partial charge in [0.25, 0.3) is 0 Å². The Bertz CT molecular complexity index is 293. The Balaban J connectivity index is 2.60. The Kier molecular flexibility index (Phi) is 4.89. The van der Waals surface area contributed by atoms with Gasteiger partial charge in [0.15, 0.2) is 6.04 Å². The topological polar surface area (TPSA) is 98.7 Å². The van der Waals surface area contributed by atoms with Crippen LogP contribution in [0.3, 0.4) is 0 Å². The second-order valence-corrected chi connectivity index (χ2v) is 4.64. The van der Waals surface area contributed by atoms with Crippen molar-refractivity contribution in [1.82, 2.24) is 10.6 Å². The lowest BCUT2D eigenvalue weighted by Gasteiger charge is -2.30. The Labute approximate surface area is 100 Å². The van der Waals surface area contributed by atoms with Gasteiger partial charge < -0.3 is 20.8 Å². The van der Waals surface area contributed by atoms with E-state index in [0.717, 1.165) is 13.1 Å². The number of carbonyl (C=O) groups excluding carboxylic acids is 1. The quantitative estimate of drug-likeness (QED) is 0.518. The van der Waals surface area contributed by atoms with Crippen LogP contribution in [0.2, 0.25) is 0 Å². The van der Waals surface area contributed by atoms with E-state index < -0.39 is 18.1 Å². The third-order valence-corrected chi connectivity index (χ3v) is 3.17. The normalized spacial score (nSPS) is 28.2. The molecule has 6 nitrogen and oxygen atoms in total. The van der Waals surface area contributed by atoms with Gasteiger partial charge in [-0.25, -0.2) is 4.79 Å². The molecule has 0 saturated carbocycles. The second kappa shape index (κ2) is 5.97. The number of piperidine rings is 1. The smallest absolute Gasteiger partial charge is 0.328 e. The van der Waals surface area contributed by atoms with Crippen LogP contribution in [0.15, 0.2) is 0 Å². The molecule has 0 bridgehead atoms. The van der Waals surface area contributed by atoms with Gasteiger partial charge >= 0.3 is 5.97 Å². The van der Waals surface area contributed by atoms with E-state index in [9.17, 15) is 14.7 Å². The highest BCUT2D eigenvalue weighted by molar-refractivity contribution is 5.85. The lowest BCUT2D eigenvalue weighted by Crippen LogP contribution is -2.52. The van der Waals surface area contributed by atoms with E-state index in [1.807, 2.05) is 6.92 Å². The van der Waals surface area contributed by atoms with Gasteiger partial charge in [0.1, 0.15) is 0 Å². The summed E-state index contributed by atoms with van der Waals surface area (Å²) in [4.78, 5) is 22.8. The van der Waals surface area contributed by atoms with E-state index in [0.29, 0.717) is 6.42 Å². The summed E-state index contributed by atoms with van der Waals surface area (Å²) in [6, 6.07) is -1.23. The lowest BCUT2D eigenvalue weighted by atomic mass is 9.87. The molecule has 1 saturated heterocycles. The maximum Gasteiger partial charge on any atom is 0.328 e. The van der Waals surface area contributed by atoms with Crippen molar-refractivity contribution in [2.45, 2.75) is 32.4 Å². The molecule has 0 aromatic heterocycles. The molecule has 0 aromatic rings. The Hall–Kier alpha value is -1.14. The Morgan fingerprint density at radius 1 is 1.47 bits per heavy atom. The van der Waals surface area contributed by atoms with Crippen LogP contribution in [0.4, 0.5) is 0 Å². The fraction of sp³-hybridized carbons (Fsp3) is 0.818. The minimum Gasteiger partial charge on any atom is -0.480 e. The first kappa shape index (κ1) is 13.9. The van der Waals surface area contributed by atoms with E-state index in [1.165, 1.54) is 6.92 Å². The number of hydrogen-bond acceptors (Lipinski definition) is 4. The molecule has 1 aliphatic rings. The molecule has 1 heterocycles. The van der Waals surface area contributed by atoms with Crippen LogP contribution in [0.5, 0.6) is 0 Å². The third kappa shape index (κ3) is 3.67. The molecule has 0 aliphatic carbocycles. The third-order valence-electron chi connectivity index (χ3n) is 3.17. The van der Waals surface area contributed by atoms with E-state index >= 15 is 0 Å². The monoisotopic (exact) mass is 244 g/mol. The van der Waals surface area contributed by atoms with Crippen molar-refractivity contribution in [3.8, 4) is 0 Å². The summed E-state index contributed by atoms with van der Waals surface area (Å²) in [5, 5.41) is 23.7. The predicted octanol–water partition coefficient (Wildman–Crippen LogP) is -0.818. The molecule has 98 valence electrons. The van der Waals surface area contributed by atoms with Crippen molar-refractivity contribution in [2.24, 2.45) is 11.8 Å². The number of carboxylic acids is 1. The molecule has 4 unspecified atom stereocenters. The average Bonchev–Trinajstić information content (AvgIpc) is 2.25. The number of nitrogens with one attached hydrogen (secondary N) is 2. The van der Waals surface area contributed by atoms with Crippen LogP contribution in [0.25, 0.3) is 0 Å². The number of aliphatic hydroxyl groups excluding tert-OH is 1. The highest BCUT2D eigenvalue weighted by atomic mass is 16.4. The first-order valence-corrected chi connectivity index (χ1v) is 5.85. The van der Waals surface area contributed by atoms with Crippen LogP contribution in [-0.2, 0) is 9.59 Å². The van der Waals surface area contributed by atoms with Crippen molar-refractivity contribution in [3.05, 3.63) is 0 Å². The van der Waals surface area contributed by atoms with Gasteiger partial charge in [-0.05, 0) is 32.4 Å². The summed E-state index contributed by atoms with van der Waals surface area (Å²) in [5.74, 6) is -1.51. The molecule has 6 heteroatoms. The molecule has 4 atom stereocenters. The van der Waals surface area contributed by atoms with Crippen LogP contribution < -0.4 is 10.6 Å². The zero-order chi connectivity index (χ0) is 13.0. The largest absolute Gasteiger partial charge is 0.480 e. The first-order valence-electron chi connectivity index (χ1n) is 5.85. The van der Waals surface area contributed by atoms with Gasteiger partial charge in [-0.1, -0.05) is 6.92 Å². The minimum absolute atomic E-state index is 0.173. The average molecular weight is 244 g/mol. The van der Waals surface area contributed by atoms with Crippen molar-refractivity contribution < 1.29 is 19.8 Å². The van der Waals surface area contributed by atoms with Crippen LogP contribution in [-0.4, -0.2) is 47.3 Å². The summed E-state index contributed by atoms with van der Waals surface area (Å²) in [6.45, 7) is 4.82. The van der Waals surface area contributed by atoms with Gasteiger partial charge in [-0.3, -0.25) is 4.79 Å². The molecule has 1 aliphatic heterocycles. The number of amides is 1. The van der Waals surface area contributed by atoms with Gasteiger partial charge in [-0.15, -0.1) is 0 Å². The first-order chi connectivity index (χ1) is 7.93. The maximum atomic E-state index is 11.9. The highest BCUT2D eigenvalue weighted by Gasteiger charge is 2.32. The fourth-order valence-corrected chi connectivity index (χ4v) is 2.05. The Morgan fingerprint density at radius 3 is 2.59 bits per heavy atom. The summed E-state index contributed by atoms with van der Waals surface area (Å²) < 4.78 is 0. The van der Waals surface area contributed by atoms with Crippen LogP contribution >= 0.6 is 0 Å². The van der Waals surface area contributed by atoms with Gasteiger partial charge in [-0.2, -0.15) is 0 Å². The van der Waals surface area contributed by atoms with E-state index in [1.54, 1.807) is 0 Å². The Morgan fingerprint density at radius 2 is 2.12 bits per heavy atom. The number of aliphatic hydroxyl groups is 1. The van der Waals surface area contributed by atoms with Crippen molar-refractivity contribution >= 4 is 11.9 Å². The summed E-state index contributed by atoms with van der Waals surface area (Å²) in [5.41, 5.74) is 0. The standard InChI is InChI=1S/C11H20N2O4/c1-6-5-12-4-3-8(6)10(15)13-9(7(2)14)11(16)17/h6-9,12,14H,3-5H2,1-2H3,(H,13,15)(H,16,17). The summed E-state index contributed by atoms with van der Waals surface area (Å²) >= 11 is 0. The summed E-state index contributed by atoms with van der Waals surface area (Å²) in [7, 11) is 0. The molecule has 0 aromatic carbocycles. The molecule has 1 fully saturated rings. The van der Waals surface area contributed by atoms with Crippen molar-refractivity contribution in [1.29, 1.82) is 0 Å². The number of rotatable bonds is 4. The molecule has 0 radical (unpaired) electrons. The number of carboxylic acid groups (broad SMARTS) is 1. The lowest BCUT2D eigenvalue weighted by molar-refractivity contribution is -0.146. The molecule has 0 spiro atoms. The number of aliphatic carboxylic acids is 1. The second-order valence-electron chi connectivity index (χ2n) is 4.64. The fourth-order valence-electron chi connectivity index (χ4n) is 2.05. The van der Waals surface area contributed by atoms with Crippen LogP contribution in [0.1, 0.15) is 20.3 Å². The number of carbonyl (C=O) groups is 2. The SMILES string of the molecule is CC(O)C(NC(=O)C1CCNCC1C)C(=O)O. The molecule has 1 rings (SSSR count). The molecule has 1 amide bonds. The van der Waals surface area contributed by atoms with Crippen molar-refractivity contribution in [2.75, 3.05) is 13.1 Å². The summed E-state index contributed by atoms with van der Waals surface area (Å²) in [6.07, 6.45) is -0.410. The van der Waals surface area contributed by atoms with E-state index in [-0.39, 0.29) is 17.7 Å². The van der Waals surface area contributed by atoms with Gasteiger partial charge in [0, 0.05) is 5.92 Å². The van der Waals surface area contributed by atoms with E-state index in [4.69, 9.17) is 5.11 Å². The van der Waals surface area contributed by atoms with Crippen LogP contribution in [0, 0.1) is 11.8 Å². The van der Waals surface area contributed by atoms with E-state index in [2.05, 4.69) is 10.6 Å². The highest BCUT2D eigenvalue weighted by Crippen LogP contribution is 2.18. The zero-order valence-corrected chi connectivity index (χ0v) is 10.1. The molecular formula is C11H20N2O4. The number of hydrogen-bond donors (Lipinski definition) is 4. The molecular weight excluding hydrogens is 224 g/mol. The zero-order valence-electron chi connectivity index (χ0n) is 10.1. The minimum atomic E-state index is -1.23. The van der Waals surface area contributed by atoms with Crippen molar-refractivity contribution in [3.63, 3.8) is 0 Å². The maximum absolute atomic E-state index is 11.9. The molecule has 4 N–H and O–H groups in total.